The number of hydrogen-bond donors (Lipinski definition) is 4. The number of amides is 2. The Hall–Kier alpha value is -3.07. The Morgan fingerprint density at radius 3 is 2.68 bits per heavy atom. The normalized spacial score (nSPS) is 11.2. The summed E-state index contributed by atoms with van der Waals surface area (Å²) in [4.78, 5) is 29.1. The van der Waals surface area contributed by atoms with Crippen LogP contribution in [0, 0.1) is 0 Å². The van der Waals surface area contributed by atoms with Crippen LogP contribution in [0.3, 0.4) is 0 Å². The molecule has 0 spiro atoms. The summed E-state index contributed by atoms with van der Waals surface area (Å²) in [6.07, 6.45) is 0. The molecule has 8 heteroatoms. The third kappa shape index (κ3) is 5.75. The van der Waals surface area contributed by atoms with Gasteiger partial charge in [-0.2, -0.15) is 0 Å². The summed E-state index contributed by atoms with van der Waals surface area (Å²) in [5.41, 5.74) is 9.38. The minimum absolute atomic E-state index is 0.0477. The zero-order valence-electron chi connectivity index (χ0n) is 17.5. The molecule has 7 nitrogen and oxygen atoms in total. The van der Waals surface area contributed by atoms with Gasteiger partial charge >= 0.3 is 0 Å². The summed E-state index contributed by atoms with van der Waals surface area (Å²) in [5.74, 6) is -0.692. The van der Waals surface area contributed by atoms with E-state index in [9.17, 15) is 14.7 Å². The first-order valence-electron chi connectivity index (χ1n) is 9.87. The highest BCUT2D eigenvalue weighted by atomic mass is 32.1. The summed E-state index contributed by atoms with van der Waals surface area (Å²) in [6, 6.07) is 14.7. The Morgan fingerprint density at radius 2 is 1.94 bits per heavy atom. The first kappa shape index (κ1) is 22.6. The van der Waals surface area contributed by atoms with Crippen LogP contribution in [0.15, 0.2) is 53.9 Å². The molecular formula is C23H26N4O3S. The van der Waals surface area contributed by atoms with E-state index in [0.29, 0.717) is 22.9 Å². The molecule has 0 saturated heterocycles. The number of benzene rings is 2. The molecule has 2 amide bonds. The van der Waals surface area contributed by atoms with Crippen LogP contribution in [-0.2, 0) is 16.8 Å². The van der Waals surface area contributed by atoms with Crippen molar-refractivity contribution in [3.05, 3.63) is 70.6 Å². The predicted molar refractivity (Wildman–Crippen MR) is 123 cm³/mol. The molecule has 162 valence electrons. The minimum Gasteiger partial charge on any atom is -0.392 e. The van der Waals surface area contributed by atoms with E-state index in [1.165, 1.54) is 11.3 Å². The molecule has 0 aliphatic rings. The number of aromatic nitrogens is 1. The van der Waals surface area contributed by atoms with Gasteiger partial charge < -0.3 is 21.5 Å². The van der Waals surface area contributed by atoms with Crippen molar-refractivity contribution < 1.29 is 14.7 Å². The van der Waals surface area contributed by atoms with Crippen LogP contribution < -0.4 is 16.4 Å². The van der Waals surface area contributed by atoms with E-state index in [-0.39, 0.29) is 30.4 Å². The summed E-state index contributed by atoms with van der Waals surface area (Å²) in [6.45, 7) is 4.27. The number of aliphatic hydroxyl groups is 1. The van der Waals surface area contributed by atoms with Gasteiger partial charge in [-0.25, -0.2) is 4.98 Å². The van der Waals surface area contributed by atoms with Gasteiger partial charge in [0.15, 0.2) is 5.13 Å². The molecule has 0 aliphatic heterocycles. The maximum Gasteiger partial charge on any atom is 0.251 e. The molecular weight excluding hydrogens is 412 g/mol. The lowest BCUT2D eigenvalue weighted by Crippen LogP contribution is -2.33. The topological polar surface area (TPSA) is 117 Å². The summed E-state index contributed by atoms with van der Waals surface area (Å²) < 4.78 is 0. The first-order chi connectivity index (χ1) is 14.8. The lowest BCUT2D eigenvalue weighted by molar-refractivity contribution is -0.115. The summed E-state index contributed by atoms with van der Waals surface area (Å²) in [5, 5.41) is 16.9. The molecule has 1 aromatic heterocycles. The van der Waals surface area contributed by atoms with Crippen molar-refractivity contribution >= 4 is 28.3 Å². The van der Waals surface area contributed by atoms with Gasteiger partial charge in [-0.1, -0.05) is 44.2 Å². The third-order valence-electron chi connectivity index (χ3n) is 4.98. The van der Waals surface area contributed by atoms with Gasteiger partial charge in [0.1, 0.15) is 0 Å². The molecule has 0 unspecified atom stereocenters. The number of rotatable bonds is 8. The van der Waals surface area contributed by atoms with E-state index < -0.39 is 0 Å². The van der Waals surface area contributed by atoms with Gasteiger partial charge in [0, 0.05) is 28.5 Å². The molecule has 5 N–H and O–H groups in total. The quantitative estimate of drug-likeness (QED) is 0.431. The number of nitrogens with zero attached hydrogens (tertiary/aromatic N) is 1. The monoisotopic (exact) mass is 438 g/mol. The van der Waals surface area contributed by atoms with Crippen molar-refractivity contribution in [2.45, 2.75) is 25.9 Å². The Labute approximate surface area is 185 Å². The fourth-order valence-electron chi connectivity index (χ4n) is 2.92. The second-order valence-corrected chi connectivity index (χ2v) is 8.65. The number of nitrogens with one attached hydrogen (secondary N) is 2. The van der Waals surface area contributed by atoms with E-state index in [2.05, 4.69) is 15.6 Å². The molecule has 31 heavy (non-hydrogen) atoms. The van der Waals surface area contributed by atoms with Gasteiger partial charge in [-0.05, 0) is 29.3 Å². The molecule has 0 atom stereocenters. The Kier molecular flexibility index (Phi) is 7.17. The number of carbonyl (C=O) groups excluding carboxylic acids is 2. The Balaban J connectivity index is 1.58. The Bertz CT molecular complexity index is 1080. The average Bonchev–Trinajstić information content (AvgIpc) is 3.26. The van der Waals surface area contributed by atoms with Crippen molar-refractivity contribution in [2.75, 3.05) is 18.4 Å². The van der Waals surface area contributed by atoms with E-state index in [4.69, 9.17) is 5.73 Å². The highest BCUT2D eigenvalue weighted by molar-refractivity contribution is 7.14. The molecule has 0 fully saturated rings. The fraction of sp³-hybridized carbons (Fsp3) is 0.261. The molecule has 1 heterocycles. The molecule has 3 rings (SSSR count). The predicted octanol–water partition coefficient (Wildman–Crippen LogP) is 2.91. The number of carbonyl (C=O) groups is 2. The minimum atomic E-state index is -0.364. The van der Waals surface area contributed by atoms with Crippen LogP contribution in [-0.4, -0.2) is 35.0 Å². The highest BCUT2D eigenvalue weighted by Gasteiger charge is 2.20. The van der Waals surface area contributed by atoms with E-state index >= 15 is 0 Å². The van der Waals surface area contributed by atoms with E-state index in [0.717, 1.165) is 16.7 Å². The maximum absolute atomic E-state index is 12.5. The van der Waals surface area contributed by atoms with Crippen LogP contribution in [0.2, 0.25) is 0 Å². The maximum atomic E-state index is 12.5. The van der Waals surface area contributed by atoms with Crippen molar-refractivity contribution in [1.29, 1.82) is 0 Å². The third-order valence-corrected chi connectivity index (χ3v) is 5.74. The Morgan fingerprint density at radius 1 is 1.16 bits per heavy atom. The van der Waals surface area contributed by atoms with Crippen LogP contribution in [0.5, 0.6) is 0 Å². The zero-order chi connectivity index (χ0) is 22.4. The van der Waals surface area contributed by atoms with Gasteiger partial charge in [0.25, 0.3) is 5.91 Å². The van der Waals surface area contributed by atoms with Crippen LogP contribution >= 0.6 is 11.3 Å². The molecule has 2 aromatic carbocycles. The number of aliphatic hydroxyl groups excluding tert-OH is 1. The number of anilines is 1. The first-order valence-corrected chi connectivity index (χ1v) is 10.7. The van der Waals surface area contributed by atoms with Crippen LogP contribution in [0.4, 0.5) is 5.13 Å². The standard InChI is InChI=1S/C23H26N4O3S/c1-23(2,14-24)18-8-4-7-17(10-18)21(30)25-11-20(29)27-22-26-19(13-31-22)16-6-3-5-15(9-16)12-28/h3-10,13,28H,11-12,14,24H2,1-2H3,(H,25,30)(H,26,27,29). The number of thiazole rings is 1. The molecule has 0 saturated carbocycles. The van der Waals surface area contributed by atoms with Gasteiger partial charge in [-0.3, -0.25) is 9.59 Å². The zero-order valence-corrected chi connectivity index (χ0v) is 18.3. The number of hydrogen-bond acceptors (Lipinski definition) is 6. The largest absolute Gasteiger partial charge is 0.392 e. The van der Waals surface area contributed by atoms with Crippen LogP contribution in [0.1, 0.15) is 35.3 Å². The van der Waals surface area contributed by atoms with Gasteiger partial charge in [0.05, 0.1) is 18.8 Å². The van der Waals surface area contributed by atoms with Crippen molar-refractivity contribution in [2.24, 2.45) is 5.73 Å². The smallest absolute Gasteiger partial charge is 0.251 e. The van der Waals surface area contributed by atoms with Crippen molar-refractivity contribution in [1.82, 2.24) is 10.3 Å². The summed E-state index contributed by atoms with van der Waals surface area (Å²) >= 11 is 1.29. The molecule has 0 bridgehead atoms. The second-order valence-electron chi connectivity index (χ2n) is 7.80. The van der Waals surface area contributed by atoms with E-state index in [1.807, 2.05) is 55.6 Å². The average molecular weight is 439 g/mol. The highest BCUT2D eigenvalue weighted by Crippen LogP contribution is 2.25. The second kappa shape index (κ2) is 9.82. The molecule has 0 radical (unpaired) electrons. The lowest BCUT2D eigenvalue weighted by Gasteiger charge is -2.23. The van der Waals surface area contributed by atoms with Crippen molar-refractivity contribution in [3.8, 4) is 11.3 Å². The molecule has 3 aromatic rings. The van der Waals surface area contributed by atoms with Gasteiger partial charge in [0.2, 0.25) is 5.91 Å². The summed E-state index contributed by atoms with van der Waals surface area (Å²) in [7, 11) is 0. The fourth-order valence-corrected chi connectivity index (χ4v) is 3.65. The number of nitrogens with two attached hydrogens (primary N) is 1. The lowest BCUT2D eigenvalue weighted by atomic mass is 9.84. The van der Waals surface area contributed by atoms with Gasteiger partial charge in [-0.15, -0.1) is 11.3 Å². The molecule has 0 aliphatic carbocycles. The van der Waals surface area contributed by atoms with Crippen molar-refractivity contribution in [3.63, 3.8) is 0 Å². The SMILES string of the molecule is CC(C)(CN)c1cccc(C(=O)NCC(=O)Nc2nc(-c3cccc(CO)c3)cs2)c1. The van der Waals surface area contributed by atoms with Crippen LogP contribution in [0.25, 0.3) is 11.3 Å². The van der Waals surface area contributed by atoms with E-state index in [1.54, 1.807) is 12.1 Å².